The van der Waals surface area contributed by atoms with Crippen LogP contribution in [0.25, 0.3) is 0 Å². The highest BCUT2D eigenvalue weighted by Crippen LogP contribution is 2.29. The monoisotopic (exact) mass is 673 g/mol. The van der Waals surface area contributed by atoms with Gasteiger partial charge in [0.25, 0.3) is 0 Å². The van der Waals surface area contributed by atoms with Gasteiger partial charge in [-0.05, 0) is 79.9 Å². The molecule has 0 N–H and O–H groups in total. The molecule has 22 heavy (non-hydrogen) atoms. The van der Waals surface area contributed by atoms with Gasteiger partial charge >= 0.3 is 11.2 Å². The molecule has 0 fully saturated rings. The van der Waals surface area contributed by atoms with Crippen molar-refractivity contribution in [3.8, 4) is 5.75 Å². The zero-order valence-corrected chi connectivity index (χ0v) is 17.6. The highest BCUT2D eigenvalue weighted by molar-refractivity contribution is 14.1. The fourth-order valence-corrected chi connectivity index (χ4v) is 5.17. The number of halogens is 5. The van der Waals surface area contributed by atoms with Crippen LogP contribution in [0.3, 0.4) is 0 Å². The van der Waals surface area contributed by atoms with Crippen LogP contribution in [0, 0.1) is 10.7 Å². The summed E-state index contributed by atoms with van der Waals surface area (Å²) in [7, 11) is -5.89. The van der Waals surface area contributed by atoms with Crippen LogP contribution in [0.15, 0.2) is 12.1 Å². The summed E-state index contributed by atoms with van der Waals surface area (Å²) in [4.78, 5) is 11.3. The fraction of sp³-hybridized carbons (Fsp3) is 0.300. The van der Waals surface area contributed by atoms with Gasteiger partial charge in [0.1, 0.15) is 5.75 Å². The van der Waals surface area contributed by atoms with Crippen molar-refractivity contribution in [1.29, 1.82) is 0 Å². The molecular weight excluding hydrogens is 667 g/mol. The normalized spacial score (nSPS) is 12.1. The first-order valence-corrected chi connectivity index (χ1v) is 9.85. The third kappa shape index (κ3) is 5.82. The summed E-state index contributed by atoms with van der Waals surface area (Å²) in [5, 5.41) is -4.67. The van der Waals surface area contributed by atoms with Crippen LogP contribution in [0.1, 0.15) is 0 Å². The Hall–Kier alpha value is 0.450. The molecule has 0 unspecified atom stereocenters. The Morgan fingerprint density at radius 2 is 1.73 bits per heavy atom. The van der Waals surface area contributed by atoms with E-state index in [1.54, 1.807) is 12.1 Å². The van der Waals surface area contributed by atoms with Gasteiger partial charge in [0.15, 0.2) is 23.3 Å². The van der Waals surface area contributed by atoms with Crippen LogP contribution in [0.2, 0.25) is 0 Å². The predicted octanol–water partition coefficient (Wildman–Crippen LogP) is 2.56. The van der Waals surface area contributed by atoms with Crippen LogP contribution in [-0.2, 0) is 19.6 Å². The topological polar surface area (TPSA) is 92.7 Å². The molecule has 1 rings (SSSR count). The van der Waals surface area contributed by atoms with Crippen molar-refractivity contribution in [1.82, 2.24) is 0 Å². The minimum Gasteiger partial charge on any atom is -0.743 e. The first-order valence-electron chi connectivity index (χ1n) is 5.20. The summed E-state index contributed by atoms with van der Waals surface area (Å²) in [6, 6.07) is 3.56. The van der Waals surface area contributed by atoms with E-state index in [0.717, 1.165) is 3.57 Å². The number of carbonyl (C=O) groups excluding carboxylic acids is 1. The quantitative estimate of drug-likeness (QED) is 0.262. The summed E-state index contributed by atoms with van der Waals surface area (Å²) < 4.78 is 67.9. The Bertz CT molecular complexity index is 656. The summed E-state index contributed by atoms with van der Waals surface area (Å²) in [5.74, 6) is -0.838. The van der Waals surface area contributed by atoms with Gasteiger partial charge in [-0.1, -0.05) is 0 Å². The number of carbonyl (C=O) groups is 1. The lowest BCUT2D eigenvalue weighted by atomic mass is 10.3. The van der Waals surface area contributed by atoms with E-state index in [1.165, 1.54) is 0 Å². The molecule has 0 heterocycles. The molecule has 124 valence electrons. The van der Waals surface area contributed by atoms with Crippen LogP contribution < -0.4 is 4.74 Å². The van der Waals surface area contributed by atoms with Crippen molar-refractivity contribution < 1.29 is 36.0 Å². The molecule has 0 saturated heterocycles. The third-order valence-corrected chi connectivity index (χ3v) is 5.14. The van der Waals surface area contributed by atoms with Gasteiger partial charge in [-0.3, -0.25) is 0 Å². The Balaban J connectivity index is 2.62. The van der Waals surface area contributed by atoms with E-state index in [9.17, 15) is 26.5 Å². The van der Waals surface area contributed by atoms with Crippen LogP contribution in [0.4, 0.5) is 8.78 Å². The standard InChI is InChI=1S/C10H7F2I3O6S/c11-10(12,22(17,18)19)4-21-8(16)3-20-9-6(14)1-5(13)2-7(9)15/h1-2H,3-4H2,(H,17,18,19)/p-1. The van der Waals surface area contributed by atoms with Crippen molar-refractivity contribution in [2.75, 3.05) is 13.2 Å². The van der Waals surface area contributed by atoms with Gasteiger partial charge in [0.05, 0.1) is 7.14 Å². The van der Waals surface area contributed by atoms with Gasteiger partial charge in [0.2, 0.25) is 0 Å². The van der Waals surface area contributed by atoms with Gasteiger partial charge in [0, 0.05) is 3.57 Å². The fourth-order valence-electron chi connectivity index (χ4n) is 1.08. The largest absolute Gasteiger partial charge is 0.743 e. The summed E-state index contributed by atoms with van der Waals surface area (Å²) >= 11 is 6.04. The first kappa shape index (κ1) is 20.5. The number of esters is 1. The van der Waals surface area contributed by atoms with E-state index < -0.39 is 34.6 Å². The SMILES string of the molecule is O=C(COc1c(I)cc(I)cc1I)OCC(F)(F)S(=O)(=O)[O-]. The highest BCUT2D eigenvalue weighted by Gasteiger charge is 2.39. The van der Waals surface area contributed by atoms with Crippen molar-refractivity contribution >= 4 is 83.9 Å². The van der Waals surface area contributed by atoms with Gasteiger partial charge in [-0.2, -0.15) is 8.78 Å². The maximum atomic E-state index is 12.8. The van der Waals surface area contributed by atoms with E-state index in [-0.39, 0.29) is 0 Å². The van der Waals surface area contributed by atoms with Crippen molar-refractivity contribution in [3.05, 3.63) is 22.8 Å². The van der Waals surface area contributed by atoms with E-state index in [2.05, 4.69) is 27.3 Å². The minimum atomic E-state index is -5.89. The molecule has 0 aliphatic heterocycles. The summed E-state index contributed by atoms with van der Waals surface area (Å²) in [6.07, 6.45) is 0. The number of ether oxygens (including phenoxy) is 2. The number of hydrogen-bond acceptors (Lipinski definition) is 6. The second kappa shape index (κ2) is 8.02. The summed E-state index contributed by atoms with van der Waals surface area (Å²) in [6.45, 7) is -2.54. The summed E-state index contributed by atoms with van der Waals surface area (Å²) in [5.41, 5.74) is 0. The highest BCUT2D eigenvalue weighted by atomic mass is 127. The van der Waals surface area contributed by atoms with E-state index in [1.807, 2.05) is 45.2 Å². The van der Waals surface area contributed by atoms with Gasteiger partial charge < -0.3 is 14.0 Å². The molecule has 0 aromatic heterocycles. The number of rotatable bonds is 6. The molecule has 0 radical (unpaired) electrons. The molecule has 0 aliphatic rings. The lowest BCUT2D eigenvalue weighted by molar-refractivity contribution is -0.152. The van der Waals surface area contributed by atoms with Crippen molar-refractivity contribution in [2.24, 2.45) is 0 Å². The molecule has 0 saturated carbocycles. The molecule has 0 spiro atoms. The lowest BCUT2D eigenvalue weighted by Crippen LogP contribution is -2.35. The van der Waals surface area contributed by atoms with E-state index >= 15 is 0 Å². The molecule has 0 amide bonds. The van der Waals surface area contributed by atoms with Gasteiger partial charge in [-0.15, -0.1) is 0 Å². The van der Waals surface area contributed by atoms with Gasteiger partial charge in [-0.25, -0.2) is 13.2 Å². The van der Waals surface area contributed by atoms with Crippen LogP contribution >= 0.6 is 67.8 Å². The van der Waals surface area contributed by atoms with Crippen molar-refractivity contribution in [2.45, 2.75) is 5.25 Å². The Kier molecular flexibility index (Phi) is 7.47. The molecule has 6 nitrogen and oxygen atoms in total. The predicted molar refractivity (Wildman–Crippen MR) is 95.7 cm³/mol. The average molecular weight is 673 g/mol. The zero-order chi connectivity index (χ0) is 17.1. The maximum absolute atomic E-state index is 12.8. The lowest BCUT2D eigenvalue weighted by Gasteiger charge is -2.19. The Morgan fingerprint density at radius 3 is 2.18 bits per heavy atom. The van der Waals surface area contributed by atoms with Crippen molar-refractivity contribution in [3.63, 3.8) is 0 Å². The number of alkyl halides is 2. The molecule has 0 bridgehead atoms. The van der Waals surface area contributed by atoms with Crippen LogP contribution in [-0.4, -0.2) is 37.4 Å². The zero-order valence-electron chi connectivity index (χ0n) is 10.3. The van der Waals surface area contributed by atoms with Crippen LogP contribution in [0.5, 0.6) is 5.75 Å². The smallest absolute Gasteiger partial charge is 0.367 e. The molecule has 0 atom stereocenters. The molecule has 1 aromatic rings. The number of benzene rings is 1. The Morgan fingerprint density at radius 1 is 1.23 bits per heavy atom. The molecular formula is C10H6F2I3O6S-. The Labute approximate surface area is 165 Å². The van der Waals surface area contributed by atoms with E-state index in [0.29, 0.717) is 12.9 Å². The third-order valence-electron chi connectivity index (χ3n) is 2.06. The maximum Gasteiger partial charge on any atom is 0.367 e. The first-order chi connectivity index (χ1) is 9.94. The molecule has 0 aliphatic carbocycles. The minimum absolute atomic E-state index is 0.377. The average Bonchev–Trinajstić information content (AvgIpc) is 2.33. The second-order valence-electron chi connectivity index (χ2n) is 3.74. The molecule has 1 aromatic carbocycles. The molecule has 12 heteroatoms. The number of hydrogen-bond donors (Lipinski definition) is 0. The second-order valence-corrected chi connectivity index (χ2v) is 8.81. The van der Waals surface area contributed by atoms with E-state index in [4.69, 9.17) is 4.74 Å².